The quantitative estimate of drug-likeness (QED) is 0.624. The molecule has 0 aliphatic rings. The molecule has 3 aromatic carbocycles. The van der Waals surface area contributed by atoms with Gasteiger partial charge < -0.3 is 0 Å². The van der Waals surface area contributed by atoms with Crippen molar-refractivity contribution in [2.75, 3.05) is 0 Å². The molecule has 0 amide bonds. The van der Waals surface area contributed by atoms with Crippen molar-refractivity contribution in [3.05, 3.63) is 83.4 Å². The van der Waals surface area contributed by atoms with Crippen LogP contribution in [0.25, 0.3) is 22.3 Å². The van der Waals surface area contributed by atoms with Crippen LogP contribution in [-0.2, 0) is 6.04 Å². The molecule has 3 heteroatoms. The molecule has 116 valence electrons. The van der Waals surface area contributed by atoms with E-state index >= 15 is 0 Å². The highest BCUT2D eigenvalue weighted by molar-refractivity contribution is 6.08. The van der Waals surface area contributed by atoms with Gasteiger partial charge in [-0.1, -0.05) is 54.1 Å². The highest BCUT2D eigenvalue weighted by atomic mass is 28.1. The first-order valence-electron chi connectivity index (χ1n) is 7.74. The van der Waals surface area contributed by atoms with Gasteiger partial charge in [0.25, 0.3) is 0 Å². The zero-order chi connectivity index (χ0) is 16.4. The van der Waals surface area contributed by atoms with Crippen molar-refractivity contribution in [3.8, 4) is 22.3 Å². The van der Waals surface area contributed by atoms with E-state index < -0.39 is 11.6 Å². The van der Waals surface area contributed by atoms with Crippen LogP contribution in [0.2, 0.25) is 0 Å². The van der Waals surface area contributed by atoms with E-state index in [1.165, 1.54) is 34.9 Å². The van der Waals surface area contributed by atoms with Gasteiger partial charge in [-0.25, -0.2) is 8.78 Å². The number of halogens is 2. The van der Waals surface area contributed by atoms with E-state index in [-0.39, 0.29) is 5.56 Å². The van der Waals surface area contributed by atoms with Gasteiger partial charge in [0, 0.05) is 15.8 Å². The van der Waals surface area contributed by atoms with Crippen molar-refractivity contribution < 1.29 is 8.78 Å². The first kappa shape index (κ1) is 15.6. The Morgan fingerprint density at radius 1 is 0.696 bits per heavy atom. The van der Waals surface area contributed by atoms with Crippen LogP contribution in [0.5, 0.6) is 0 Å². The second kappa shape index (κ2) is 6.47. The van der Waals surface area contributed by atoms with Crippen molar-refractivity contribution in [1.82, 2.24) is 0 Å². The van der Waals surface area contributed by atoms with Crippen LogP contribution in [0.4, 0.5) is 8.78 Å². The minimum absolute atomic E-state index is 0.0597. The maximum atomic E-state index is 13.7. The summed E-state index contributed by atoms with van der Waals surface area (Å²) in [6, 6.07) is 20.2. The van der Waals surface area contributed by atoms with Crippen molar-refractivity contribution in [2.45, 2.75) is 13.0 Å². The SMILES string of the molecule is Cc1c(F)cc(-c2ccc(-c3ccc(C[SiH3])cc3)cc2)cc1F. The maximum Gasteiger partial charge on any atom is 0.129 e. The van der Waals surface area contributed by atoms with Crippen LogP contribution in [-0.4, -0.2) is 10.2 Å². The van der Waals surface area contributed by atoms with Crippen molar-refractivity contribution in [3.63, 3.8) is 0 Å². The average Bonchev–Trinajstić information content (AvgIpc) is 2.59. The average molecular weight is 324 g/mol. The molecule has 0 fully saturated rings. The van der Waals surface area contributed by atoms with E-state index in [1.54, 1.807) is 0 Å². The summed E-state index contributed by atoms with van der Waals surface area (Å²) in [5, 5.41) is 0. The fourth-order valence-corrected chi connectivity index (χ4v) is 3.07. The molecule has 0 nitrogen and oxygen atoms in total. The summed E-state index contributed by atoms with van der Waals surface area (Å²) in [6.07, 6.45) is 0. The molecule has 0 bridgehead atoms. The molecule has 0 heterocycles. The lowest BCUT2D eigenvalue weighted by Gasteiger charge is -2.07. The van der Waals surface area contributed by atoms with Crippen molar-refractivity contribution in [1.29, 1.82) is 0 Å². The predicted molar refractivity (Wildman–Crippen MR) is 95.6 cm³/mol. The van der Waals surface area contributed by atoms with Crippen LogP contribution >= 0.6 is 0 Å². The molecular formula is C20H18F2Si. The fourth-order valence-electron chi connectivity index (χ4n) is 2.60. The van der Waals surface area contributed by atoms with E-state index in [0.717, 1.165) is 22.7 Å². The fraction of sp³-hybridized carbons (Fsp3) is 0.100. The highest BCUT2D eigenvalue weighted by Gasteiger charge is 2.08. The lowest BCUT2D eigenvalue weighted by molar-refractivity contribution is 0.569. The summed E-state index contributed by atoms with van der Waals surface area (Å²) in [4.78, 5) is 0. The smallest absolute Gasteiger partial charge is 0.129 e. The number of hydrogen-bond donors (Lipinski definition) is 0. The van der Waals surface area contributed by atoms with Crippen LogP contribution in [0.3, 0.4) is 0 Å². The second-order valence-corrected chi connectivity index (χ2v) is 6.40. The number of hydrogen-bond acceptors (Lipinski definition) is 0. The van der Waals surface area contributed by atoms with E-state index in [1.807, 2.05) is 24.3 Å². The third kappa shape index (κ3) is 3.25. The molecule has 0 aromatic heterocycles. The van der Waals surface area contributed by atoms with E-state index in [4.69, 9.17) is 0 Å². The Labute approximate surface area is 138 Å². The van der Waals surface area contributed by atoms with Gasteiger partial charge in [-0.05, 0) is 47.4 Å². The number of rotatable bonds is 3. The standard InChI is InChI=1S/C20H18F2Si/c1-13-19(21)10-18(11-20(13)22)17-8-6-16(7-9-17)15-4-2-14(12-23)3-5-15/h2-11H,12H2,1,23H3. The molecule has 0 saturated carbocycles. The lowest BCUT2D eigenvalue weighted by atomic mass is 9.99. The molecule has 3 aromatic rings. The van der Waals surface area contributed by atoms with Gasteiger partial charge in [-0.3, -0.25) is 0 Å². The summed E-state index contributed by atoms with van der Waals surface area (Å²) < 4.78 is 27.4. The molecule has 0 aliphatic heterocycles. The Morgan fingerprint density at radius 2 is 1.09 bits per heavy atom. The Hall–Kier alpha value is -2.26. The first-order valence-corrected chi connectivity index (χ1v) is 9.15. The van der Waals surface area contributed by atoms with Gasteiger partial charge in [0.1, 0.15) is 11.6 Å². The van der Waals surface area contributed by atoms with Crippen molar-refractivity contribution >= 4 is 10.2 Å². The van der Waals surface area contributed by atoms with E-state index in [9.17, 15) is 8.78 Å². The van der Waals surface area contributed by atoms with Gasteiger partial charge in [-0.15, -0.1) is 0 Å². The third-order valence-corrected chi connectivity index (χ3v) is 5.01. The molecule has 0 saturated heterocycles. The Kier molecular flexibility index (Phi) is 4.39. The van der Waals surface area contributed by atoms with Crippen LogP contribution in [0.15, 0.2) is 60.7 Å². The first-order chi connectivity index (χ1) is 11.1. The molecule has 23 heavy (non-hydrogen) atoms. The topological polar surface area (TPSA) is 0 Å². The van der Waals surface area contributed by atoms with Crippen LogP contribution < -0.4 is 0 Å². The largest absolute Gasteiger partial charge is 0.207 e. The predicted octanol–water partition coefficient (Wildman–Crippen LogP) is 4.47. The van der Waals surface area contributed by atoms with E-state index in [0.29, 0.717) is 5.56 Å². The molecule has 0 atom stereocenters. The molecule has 0 aliphatic carbocycles. The highest BCUT2D eigenvalue weighted by Crippen LogP contribution is 2.27. The van der Waals surface area contributed by atoms with Gasteiger partial charge in [0.05, 0.1) is 0 Å². The van der Waals surface area contributed by atoms with Crippen LogP contribution in [0, 0.1) is 18.6 Å². The molecule has 0 N–H and O–H groups in total. The monoisotopic (exact) mass is 324 g/mol. The summed E-state index contributed by atoms with van der Waals surface area (Å²) in [5.41, 5.74) is 5.04. The summed E-state index contributed by atoms with van der Waals surface area (Å²) in [7, 11) is 1.17. The Morgan fingerprint density at radius 3 is 1.52 bits per heavy atom. The van der Waals surface area contributed by atoms with Gasteiger partial charge in [-0.2, -0.15) is 0 Å². The minimum atomic E-state index is -0.511. The summed E-state index contributed by atoms with van der Waals surface area (Å²) in [6.45, 7) is 1.44. The maximum absolute atomic E-state index is 13.7. The molecule has 3 rings (SSSR count). The minimum Gasteiger partial charge on any atom is -0.207 e. The van der Waals surface area contributed by atoms with Crippen molar-refractivity contribution in [2.24, 2.45) is 0 Å². The number of benzene rings is 3. The molecule has 0 unspecified atom stereocenters. The normalized spacial score (nSPS) is 10.9. The van der Waals surface area contributed by atoms with Gasteiger partial charge >= 0.3 is 0 Å². The van der Waals surface area contributed by atoms with Crippen LogP contribution in [0.1, 0.15) is 11.1 Å². The van der Waals surface area contributed by atoms with Gasteiger partial charge in [0.2, 0.25) is 0 Å². The summed E-state index contributed by atoms with van der Waals surface area (Å²) in [5.74, 6) is -1.02. The zero-order valence-electron chi connectivity index (χ0n) is 13.2. The molecule has 0 spiro atoms. The Bertz CT molecular complexity index is 798. The lowest BCUT2D eigenvalue weighted by Crippen LogP contribution is -1.90. The third-order valence-electron chi connectivity index (χ3n) is 4.19. The van der Waals surface area contributed by atoms with E-state index in [2.05, 4.69) is 24.3 Å². The zero-order valence-corrected chi connectivity index (χ0v) is 15.2. The molecule has 0 radical (unpaired) electrons. The molecular weight excluding hydrogens is 306 g/mol. The Balaban J connectivity index is 1.92. The van der Waals surface area contributed by atoms with Gasteiger partial charge in [0.15, 0.2) is 0 Å². The summed E-state index contributed by atoms with van der Waals surface area (Å²) >= 11 is 0. The second-order valence-electron chi connectivity index (χ2n) is 5.69.